The molecule has 90 valence electrons. The highest BCUT2D eigenvalue weighted by Crippen LogP contribution is 2.26. The Morgan fingerprint density at radius 1 is 1.41 bits per heavy atom. The van der Waals surface area contributed by atoms with E-state index in [9.17, 15) is 4.79 Å². The Bertz CT molecular complexity index is 476. The average Bonchev–Trinajstić information content (AvgIpc) is 2.29. The Morgan fingerprint density at radius 3 is 2.76 bits per heavy atom. The number of thiocarbonyl (C=S) groups is 1. The Hall–Kier alpha value is -0.940. The highest BCUT2D eigenvalue weighted by molar-refractivity contribution is 9.10. The van der Waals surface area contributed by atoms with Crippen LogP contribution in [0.4, 0.5) is 5.69 Å². The molecule has 0 unspecified atom stereocenters. The standard InChI is InChI=1S/C12H13BrN2OS/c13-10-7-8(4-5-9(10)12(14)17)15-6-2-1-3-11(15)16/h4-5,7H,1-3,6H2,(H2,14,17). The van der Waals surface area contributed by atoms with Crippen molar-refractivity contribution in [2.24, 2.45) is 5.73 Å². The predicted octanol–water partition coefficient (Wildman–Crippen LogP) is 2.60. The number of hydrogen-bond acceptors (Lipinski definition) is 2. The third kappa shape index (κ3) is 2.66. The smallest absolute Gasteiger partial charge is 0.226 e. The molecular formula is C12H13BrN2OS. The van der Waals surface area contributed by atoms with Crippen molar-refractivity contribution in [3.05, 3.63) is 28.2 Å². The second kappa shape index (κ2) is 5.14. The Morgan fingerprint density at radius 2 is 2.18 bits per heavy atom. The molecule has 3 nitrogen and oxygen atoms in total. The molecule has 0 aliphatic carbocycles. The summed E-state index contributed by atoms with van der Waals surface area (Å²) in [6.45, 7) is 0.789. The molecule has 2 N–H and O–H groups in total. The zero-order chi connectivity index (χ0) is 12.4. The van der Waals surface area contributed by atoms with E-state index < -0.39 is 0 Å². The molecule has 2 rings (SSSR count). The van der Waals surface area contributed by atoms with Crippen molar-refractivity contribution in [2.45, 2.75) is 19.3 Å². The van der Waals surface area contributed by atoms with Gasteiger partial charge in [0.25, 0.3) is 0 Å². The monoisotopic (exact) mass is 312 g/mol. The Labute approximate surface area is 114 Å². The largest absolute Gasteiger partial charge is 0.389 e. The summed E-state index contributed by atoms with van der Waals surface area (Å²) in [6, 6.07) is 5.64. The average molecular weight is 313 g/mol. The number of hydrogen-bond donors (Lipinski definition) is 1. The van der Waals surface area contributed by atoms with Crippen LogP contribution in [0.2, 0.25) is 0 Å². The highest BCUT2D eigenvalue weighted by Gasteiger charge is 2.20. The van der Waals surface area contributed by atoms with Crippen LogP contribution in [0.3, 0.4) is 0 Å². The molecule has 0 bridgehead atoms. The van der Waals surface area contributed by atoms with E-state index in [1.807, 2.05) is 23.1 Å². The molecule has 17 heavy (non-hydrogen) atoms. The van der Waals surface area contributed by atoms with Crippen LogP contribution in [0.25, 0.3) is 0 Å². The van der Waals surface area contributed by atoms with Gasteiger partial charge in [-0.25, -0.2) is 0 Å². The van der Waals surface area contributed by atoms with Crippen LogP contribution in [0.15, 0.2) is 22.7 Å². The number of anilines is 1. The molecule has 1 aromatic rings. The molecule has 1 aromatic carbocycles. The van der Waals surface area contributed by atoms with Gasteiger partial charge in [-0.1, -0.05) is 12.2 Å². The lowest BCUT2D eigenvalue weighted by Gasteiger charge is -2.27. The van der Waals surface area contributed by atoms with Crippen molar-refractivity contribution in [3.63, 3.8) is 0 Å². The summed E-state index contributed by atoms with van der Waals surface area (Å²) in [5.74, 6) is 0.186. The Balaban J connectivity index is 2.30. The van der Waals surface area contributed by atoms with Gasteiger partial charge in [0.2, 0.25) is 5.91 Å². The lowest BCUT2D eigenvalue weighted by Crippen LogP contribution is -2.35. The van der Waals surface area contributed by atoms with Gasteiger partial charge in [-0.05, 0) is 47.0 Å². The third-order valence-corrected chi connectivity index (χ3v) is 3.73. The number of nitrogens with zero attached hydrogens (tertiary/aromatic N) is 1. The molecule has 0 saturated carbocycles. The molecule has 1 aliphatic rings. The molecule has 1 saturated heterocycles. The van der Waals surface area contributed by atoms with Crippen LogP contribution < -0.4 is 10.6 Å². The first-order chi connectivity index (χ1) is 8.09. The number of amides is 1. The van der Waals surface area contributed by atoms with Crippen LogP contribution in [0.5, 0.6) is 0 Å². The fourth-order valence-electron chi connectivity index (χ4n) is 1.95. The first-order valence-corrected chi connectivity index (χ1v) is 6.69. The van der Waals surface area contributed by atoms with Crippen LogP contribution in [0.1, 0.15) is 24.8 Å². The molecule has 0 radical (unpaired) electrons. The number of nitrogens with two attached hydrogens (primary N) is 1. The molecule has 0 spiro atoms. The quantitative estimate of drug-likeness (QED) is 0.854. The van der Waals surface area contributed by atoms with Crippen molar-refractivity contribution >= 4 is 44.7 Å². The maximum Gasteiger partial charge on any atom is 0.226 e. The van der Waals surface area contributed by atoms with Crippen molar-refractivity contribution in [2.75, 3.05) is 11.4 Å². The summed E-state index contributed by atoms with van der Waals surface area (Å²) >= 11 is 8.37. The first kappa shape index (κ1) is 12.5. The summed E-state index contributed by atoms with van der Waals surface area (Å²) in [5.41, 5.74) is 7.29. The zero-order valence-electron chi connectivity index (χ0n) is 9.28. The lowest BCUT2D eigenvalue weighted by molar-refractivity contribution is -0.119. The summed E-state index contributed by atoms with van der Waals surface area (Å²) < 4.78 is 0.834. The molecule has 1 fully saturated rings. The normalized spacial score (nSPS) is 16.1. The minimum atomic E-state index is 0.186. The van der Waals surface area contributed by atoms with Gasteiger partial charge in [0.1, 0.15) is 4.99 Å². The first-order valence-electron chi connectivity index (χ1n) is 5.49. The number of carbonyl (C=O) groups is 1. The second-order valence-electron chi connectivity index (χ2n) is 4.03. The van der Waals surface area contributed by atoms with Crippen LogP contribution in [0, 0.1) is 0 Å². The molecule has 1 heterocycles. The van der Waals surface area contributed by atoms with E-state index >= 15 is 0 Å². The van der Waals surface area contributed by atoms with E-state index in [0.29, 0.717) is 11.4 Å². The molecule has 1 amide bonds. The minimum absolute atomic E-state index is 0.186. The summed E-state index contributed by atoms with van der Waals surface area (Å²) in [5, 5.41) is 0. The molecule has 0 aromatic heterocycles. The highest BCUT2D eigenvalue weighted by atomic mass is 79.9. The number of piperidine rings is 1. The van der Waals surface area contributed by atoms with Gasteiger partial charge in [0.05, 0.1) is 0 Å². The maximum atomic E-state index is 11.8. The van der Waals surface area contributed by atoms with E-state index in [-0.39, 0.29) is 5.91 Å². The summed E-state index contributed by atoms with van der Waals surface area (Å²) in [4.78, 5) is 14.0. The second-order valence-corrected chi connectivity index (χ2v) is 5.33. The van der Waals surface area contributed by atoms with Gasteiger partial charge in [-0.15, -0.1) is 0 Å². The van der Waals surface area contributed by atoms with Crippen LogP contribution >= 0.6 is 28.1 Å². The zero-order valence-corrected chi connectivity index (χ0v) is 11.7. The third-order valence-electron chi connectivity index (χ3n) is 2.85. The van der Waals surface area contributed by atoms with E-state index in [4.69, 9.17) is 18.0 Å². The van der Waals surface area contributed by atoms with Gasteiger partial charge in [0.15, 0.2) is 0 Å². The van der Waals surface area contributed by atoms with E-state index in [1.165, 1.54) is 0 Å². The maximum absolute atomic E-state index is 11.8. The van der Waals surface area contributed by atoms with Crippen molar-refractivity contribution < 1.29 is 4.79 Å². The molecular weight excluding hydrogens is 300 g/mol. The molecule has 1 aliphatic heterocycles. The predicted molar refractivity (Wildman–Crippen MR) is 76.2 cm³/mol. The molecule has 0 atom stereocenters. The van der Waals surface area contributed by atoms with Crippen molar-refractivity contribution in [1.82, 2.24) is 0 Å². The van der Waals surface area contributed by atoms with E-state index in [0.717, 1.165) is 35.1 Å². The van der Waals surface area contributed by atoms with Crippen molar-refractivity contribution in [3.8, 4) is 0 Å². The topological polar surface area (TPSA) is 46.3 Å². The fraction of sp³-hybridized carbons (Fsp3) is 0.333. The van der Waals surface area contributed by atoms with Gasteiger partial charge < -0.3 is 10.6 Å². The number of benzene rings is 1. The van der Waals surface area contributed by atoms with Crippen LogP contribution in [-0.4, -0.2) is 17.4 Å². The SMILES string of the molecule is NC(=S)c1ccc(N2CCCCC2=O)cc1Br. The number of halogens is 1. The fourth-order valence-corrected chi connectivity index (χ4v) is 2.84. The van der Waals surface area contributed by atoms with E-state index in [1.54, 1.807) is 0 Å². The summed E-state index contributed by atoms with van der Waals surface area (Å²) in [7, 11) is 0. The number of carbonyl (C=O) groups excluding carboxylic acids is 1. The molecule has 5 heteroatoms. The number of rotatable bonds is 2. The van der Waals surface area contributed by atoms with Gasteiger partial charge in [-0.3, -0.25) is 4.79 Å². The van der Waals surface area contributed by atoms with Gasteiger partial charge in [0, 0.05) is 28.7 Å². The summed E-state index contributed by atoms with van der Waals surface area (Å²) in [6.07, 6.45) is 2.68. The van der Waals surface area contributed by atoms with Crippen molar-refractivity contribution in [1.29, 1.82) is 0 Å². The van der Waals surface area contributed by atoms with Crippen LogP contribution in [-0.2, 0) is 4.79 Å². The van der Waals surface area contributed by atoms with Gasteiger partial charge in [-0.2, -0.15) is 0 Å². The Kier molecular flexibility index (Phi) is 3.79. The lowest BCUT2D eigenvalue weighted by atomic mass is 10.1. The van der Waals surface area contributed by atoms with E-state index in [2.05, 4.69) is 15.9 Å². The van der Waals surface area contributed by atoms with Gasteiger partial charge >= 0.3 is 0 Å². The minimum Gasteiger partial charge on any atom is -0.389 e.